The third kappa shape index (κ3) is 4.59. The Labute approximate surface area is 241 Å². The molecule has 0 amide bonds. The predicted octanol–water partition coefficient (Wildman–Crippen LogP) is 7.60. The minimum Gasteiger partial charge on any atom is -0.457 e. The van der Waals surface area contributed by atoms with Gasteiger partial charge in [-0.1, -0.05) is 46.3 Å². The van der Waals surface area contributed by atoms with Crippen LogP contribution in [0.15, 0.2) is 106 Å². The number of ether oxygens (including phenoxy) is 3. The van der Waals surface area contributed by atoms with E-state index in [2.05, 4.69) is 38.1 Å². The highest BCUT2D eigenvalue weighted by atomic mass is 79.9. The molecule has 0 saturated heterocycles. The van der Waals surface area contributed by atoms with Crippen LogP contribution in [-0.4, -0.2) is 15.2 Å². The molecule has 0 radical (unpaired) electrons. The molecule has 0 spiro atoms. The van der Waals surface area contributed by atoms with E-state index in [1.54, 1.807) is 36.4 Å². The molecule has 2 aliphatic heterocycles. The number of sulfonamides is 1. The van der Waals surface area contributed by atoms with E-state index in [1.807, 2.05) is 48.5 Å². The molecule has 0 fully saturated rings. The molecule has 202 valence electrons. The predicted molar refractivity (Wildman–Crippen MR) is 157 cm³/mol. The second-order valence-corrected chi connectivity index (χ2v) is 12.5. The number of nitrogens with one attached hydrogen (secondary N) is 2. The molecule has 2 N–H and O–H groups in total. The quantitative estimate of drug-likeness (QED) is 0.217. The van der Waals surface area contributed by atoms with Crippen LogP contribution < -0.4 is 24.2 Å². The summed E-state index contributed by atoms with van der Waals surface area (Å²) in [4.78, 5) is 0.222. The molecule has 40 heavy (non-hydrogen) atoms. The minimum absolute atomic E-state index is 0.0218. The third-order valence-corrected chi connectivity index (χ3v) is 9.62. The highest BCUT2D eigenvalue weighted by Gasteiger charge is 2.39. The Kier molecular flexibility index (Phi) is 6.20. The molecular formula is C31H25BrN2O5S. The lowest BCUT2D eigenvalue weighted by atomic mass is 9.77. The summed E-state index contributed by atoms with van der Waals surface area (Å²) in [6.07, 6.45) is 5.25. The SMILES string of the molecule is O=S(=O)(Nc1ccc(Oc2ccccc2)cc1)c1ccc2c(c1)[C@H]1C=CC[C@H]1[C@@H](c1cc3c(cc1Br)OCO3)N2. The summed E-state index contributed by atoms with van der Waals surface area (Å²) in [6.45, 7) is 0.219. The number of para-hydroxylation sites is 1. The van der Waals surface area contributed by atoms with Gasteiger partial charge in [-0.25, -0.2) is 8.42 Å². The van der Waals surface area contributed by atoms with Gasteiger partial charge >= 0.3 is 0 Å². The summed E-state index contributed by atoms with van der Waals surface area (Å²) in [7, 11) is -3.81. The van der Waals surface area contributed by atoms with Crippen molar-refractivity contribution in [2.45, 2.75) is 23.3 Å². The van der Waals surface area contributed by atoms with E-state index in [0.29, 0.717) is 17.2 Å². The Morgan fingerprint density at radius 1 is 0.875 bits per heavy atom. The summed E-state index contributed by atoms with van der Waals surface area (Å²) in [5, 5.41) is 3.68. The largest absolute Gasteiger partial charge is 0.457 e. The lowest BCUT2D eigenvalue weighted by molar-refractivity contribution is 0.174. The maximum atomic E-state index is 13.4. The van der Waals surface area contributed by atoms with Gasteiger partial charge in [-0.3, -0.25) is 4.72 Å². The second kappa shape index (κ2) is 9.91. The molecule has 0 aromatic heterocycles. The van der Waals surface area contributed by atoms with Gasteiger partial charge < -0.3 is 19.5 Å². The fourth-order valence-corrected chi connectivity index (χ4v) is 7.31. The van der Waals surface area contributed by atoms with Crippen molar-refractivity contribution < 1.29 is 22.6 Å². The number of rotatable bonds is 6. The fourth-order valence-electron chi connectivity index (χ4n) is 5.65. The summed E-state index contributed by atoms with van der Waals surface area (Å²) in [5.41, 5.74) is 3.44. The second-order valence-electron chi connectivity index (χ2n) is 10.00. The Balaban J connectivity index is 1.13. The summed E-state index contributed by atoms with van der Waals surface area (Å²) >= 11 is 3.72. The normalized spacial score (nSPS) is 20.4. The van der Waals surface area contributed by atoms with Crippen LogP contribution in [0.25, 0.3) is 0 Å². The van der Waals surface area contributed by atoms with Gasteiger partial charge in [0.25, 0.3) is 10.0 Å². The maximum absolute atomic E-state index is 13.4. The lowest BCUT2D eigenvalue weighted by Crippen LogP contribution is -2.29. The molecule has 7 rings (SSSR count). The average molecular weight is 618 g/mol. The number of hydrogen-bond donors (Lipinski definition) is 2. The monoisotopic (exact) mass is 616 g/mol. The van der Waals surface area contributed by atoms with Gasteiger partial charge in [0.1, 0.15) is 11.5 Å². The zero-order valence-corrected chi connectivity index (χ0v) is 23.6. The van der Waals surface area contributed by atoms with E-state index >= 15 is 0 Å². The van der Waals surface area contributed by atoms with Crippen LogP contribution in [0.1, 0.15) is 29.5 Å². The van der Waals surface area contributed by atoms with Crippen LogP contribution in [0.3, 0.4) is 0 Å². The molecule has 1 aliphatic carbocycles. The van der Waals surface area contributed by atoms with Crippen molar-refractivity contribution >= 4 is 37.3 Å². The summed E-state index contributed by atoms with van der Waals surface area (Å²) < 4.78 is 47.4. The van der Waals surface area contributed by atoms with Gasteiger partial charge in [-0.15, -0.1) is 0 Å². The molecule has 3 aliphatic rings. The van der Waals surface area contributed by atoms with Crippen LogP contribution in [-0.2, 0) is 10.0 Å². The van der Waals surface area contributed by atoms with Crippen LogP contribution >= 0.6 is 15.9 Å². The number of anilines is 2. The van der Waals surface area contributed by atoms with Crippen molar-refractivity contribution in [3.63, 3.8) is 0 Å². The van der Waals surface area contributed by atoms with E-state index in [1.165, 1.54) is 0 Å². The lowest BCUT2D eigenvalue weighted by Gasteiger charge is -2.38. The Morgan fingerprint density at radius 3 is 2.42 bits per heavy atom. The van der Waals surface area contributed by atoms with Gasteiger partial charge in [0.15, 0.2) is 11.5 Å². The standard InChI is InChI=1S/C31H25BrN2O5S/c32-27-17-30-29(37-18-38-30)16-26(27)31-24-8-4-7-23(24)25-15-22(13-14-28(25)33-31)40(35,36)34-19-9-11-21(12-10-19)39-20-5-2-1-3-6-20/h1-7,9-17,23-24,31,33-34H,8,18H2/t23-,24+,31-/m0/s1. The fraction of sp³-hybridized carbons (Fsp3) is 0.161. The minimum atomic E-state index is -3.81. The zero-order valence-electron chi connectivity index (χ0n) is 21.2. The number of benzene rings is 4. The van der Waals surface area contributed by atoms with Gasteiger partial charge in [-0.05, 0) is 90.2 Å². The molecule has 2 heterocycles. The maximum Gasteiger partial charge on any atom is 0.261 e. The zero-order chi connectivity index (χ0) is 27.3. The molecule has 0 unspecified atom stereocenters. The Morgan fingerprint density at radius 2 is 1.62 bits per heavy atom. The number of hydrogen-bond acceptors (Lipinski definition) is 6. The summed E-state index contributed by atoms with van der Waals surface area (Å²) in [5.74, 6) is 3.12. The van der Waals surface area contributed by atoms with E-state index in [4.69, 9.17) is 14.2 Å². The molecule has 4 aromatic carbocycles. The first-order chi connectivity index (χ1) is 19.4. The van der Waals surface area contributed by atoms with Crippen LogP contribution in [0.4, 0.5) is 11.4 Å². The van der Waals surface area contributed by atoms with Crippen molar-refractivity contribution in [1.29, 1.82) is 0 Å². The van der Waals surface area contributed by atoms with Crippen LogP contribution in [0.2, 0.25) is 0 Å². The van der Waals surface area contributed by atoms with E-state index in [0.717, 1.165) is 39.2 Å². The first kappa shape index (κ1) is 25.0. The Bertz CT molecular complexity index is 1730. The number of halogens is 1. The van der Waals surface area contributed by atoms with Gasteiger partial charge in [-0.2, -0.15) is 0 Å². The van der Waals surface area contributed by atoms with Crippen LogP contribution in [0.5, 0.6) is 23.0 Å². The molecule has 4 aromatic rings. The summed E-state index contributed by atoms with van der Waals surface area (Å²) in [6, 6.07) is 25.6. The van der Waals surface area contributed by atoms with Gasteiger partial charge in [0.2, 0.25) is 6.79 Å². The molecule has 7 nitrogen and oxygen atoms in total. The van der Waals surface area contributed by atoms with Gasteiger partial charge in [0, 0.05) is 21.8 Å². The van der Waals surface area contributed by atoms with Crippen LogP contribution in [0, 0.1) is 5.92 Å². The van der Waals surface area contributed by atoms with E-state index in [9.17, 15) is 8.42 Å². The number of fused-ring (bicyclic) bond motifs is 4. The molecule has 0 saturated carbocycles. The highest BCUT2D eigenvalue weighted by molar-refractivity contribution is 9.10. The van der Waals surface area contributed by atoms with Crippen molar-refractivity contribution in [1.82, 2.24) is 0 Å². The Hall–Kier alpha value is -3.95. The highest BCUT2D eigenvalue weighted by Crippen LogP contribution is 2.52. The average Bonchev–Trinajstić information content (AvgIpc) is 3.63. The third-order valence-electron chi connectivity index (χ3n) is 7.56. The van der Waals surface area contributed by atoms with Crippen molar-refractivity contribution in [2.75, 3.05) is 16.8 Å². The molecule has 9 heteroatoms. The van der Waals surface area contributed by atoms with Crippen molar-refractivity contribution in [2.24, 2.45) is 5.92 Å². The molecule has 3 atom stereocenters. The van der Waals surface area contributed by atoms with E-state index in [-0.39, 0.29) is 29.6 Å². The first-order valence-electron chi connectivity index (χ1n) is 13.0. The van der Waals surface area contributed by atoms with E-state index < -0.39 is 10.0 Å². The molecule has 0 bridgehead atoms. The first-order valence-corrected chi connectivity index (χ1v) is 15.2. The van der Waals surface area contributed by atoms with Crippen molar-refractivity contribution in [3.05, 3.63) is 113 Å². The van der Waals surface area contributed by atoms with Gasteiger partial charge in [0.05, 0.1) is 10.9 Å². The number of allylic oxidation sites excluding steroid dienone is 2. The van der Waals surface area contributed by atoms with Crippen molar-refractivity contribution in [3.8, 4) is 23.0 Å². The molecular weight excluding hydrogens is 592 g/mol. The smallest absolute Gasteiger partial charge is 0.261 e. The topological polar surface area (TPSA) is 85.9 Å².